The number of morpholine rings is 1. The molecule has 9 nitrogen and oxygen atoms in total. The van der Waals surface area contributed by atoms with E-state index in [1.807, 2.05) is 22.8 Å². The molecule has 1 aliphatic carbocycles. The first kappa shape index (κ1) is 20.8. The molecule has 1 N–H and O–H groups in total. The fourth-order valence-corrected chi connectivity index (χ4v) is 4.23. The second kappa shape index (κ2) is 9.22. The van der Waals surface area contributed by atoms with Crippen molar-refractivity contribution in [2.45, 2.75) is 51.1 Å². The number of ether oxygens (including phenoxy) is 2. The number of carbonyl (C=O) groups is 1. The standard InChI is InChI=1S/C23H28N6O3/c1-16(30)31-13-19-11-28(10-17-6-3-2-4-7-17)12-20(32-19)29-15-26-21-22(24-14-25-23(21)29)27-18-8-5-9-18/h2-4,6-7,14-15,18-20H,5,8-13H2,1H3,(H,24,25,27)/t19-,20+/m0/s1. The van der Waals surface area contributed by atoms with Crippen molar-refractivity contribution in [3.05, 3.63) is 48.5 Å². The lowest BCUT2D eigenvalue weighted by molar-refractivity contribution is -0.162. The zero-order chi connectivity index (χ0) is 21.9. The number of aromatic nitrogens is 4. The Bertz CT molecular complexity index is 1070. The van der Waals surface area contributed by atoms with E-state index in [1.54, 1.807) is 12.7 Å². The molecule has 0 radical (unpaired) electrons. The zero-order valence-corrected chi connectivity index (χ0v) is 18.2. The maximum atomic E-state index is 11.4. The molecule has 168 valence electrons. The Balaban J connectivity index is 1.39. The van der Waals surface area contributed by atoms with E-state index in [0.717, 1.165) is 36.4 Å². The second-order valence-corrected chi connectivity index (χ2v) is 8.51. The van der Waals surface area contributed by atoms with Crippen LogP contribution in [-0.4, -0.2) is 62.2 Å². The average molecular weight is 437 g/mol. The molecule has 0 amide bonds. The van der Waals surface area contributed by atoms with Gasteiger partial charge in [0.15, 0.2) is 17.0 Å². The van der Waals surface area contributed by atoms with E-state index >= 15 is 0 Å². The Hall–Kier alpha value is -3.04. The molecule has 32 heavy (non-hydrogen) atoms. The minimum Gasteiger partial charge on any atom is -0.463 e. The van der Waals surface area contributed by atoms with Gasteiger partial charge in [-0.1, -0.05) is 30.3 Å². The van der Waals surface area contributed by atoms with Crippen LogP contribution in [0, 0.1) is 0 Å². The lowest BCUT2D eigenvalue weighted by atomic mass is 9.93. The maximum Gasteiger partial charge on any atom is 0.302 e. The molecule has 1 saturated carbocycles. The van der Waals surface area contributed by atoms with Crippen LogP contribution in [0.4, 0.5) is 5.82 Å². The minimum atomic E-state index is -0.308. The quantitative estimate of drug-likeness (QED) is 0.565. The third kappa shape index (κ3) is 4.58. The fourth-order valence-electron chi connectivity index (χ4n) is 4.23. The van der Waals surface area contributed by atoms with Crippen LogP contribution in [0.25, 0.3) is 11.2 Å². The third-order valence-electron chi connectivity index (χ3n) is 6.06. The Morgan fingerprint density at radius 2 is 2.03 bits per heavy atom. The fraction of sp³-hybridized carbons (Fsp3) is 0.478. The first-order valence-electron chi connectivity index (χ1n) is 11.1. The molecule has 1 saturated heterocycles. The molecule has 0 unspecified atom stereocenters. The summed E-state index contributed by atoms with van der Waals surface area (Å²) in [7, 11) is 0. The number of esters is 1. The summed E-state index contributed by atoms with van der Waals surface area (Å²) >= 11 is 0. The summed E-state index contributed by atoms with van der Waals surface area (Å²) in [6.07, 6.45) is 6.36. The highest BCUT2D eigenvalue weighted by atomic mass is 16.6. The lowest BCUT2D eigenvalue weighted by Gasteiger charge is -2.38. The number of benzene rings is 1. The van der Waals surface area contributed by atoms with Crippen molar-refractivity contribution in [1.29, 1.82) is 0 Å². The van der Waals surface area contributed by atoms with Gasteiger partial charge in [0.25, 0.3) is 0 Å². The highest BCUT2D eigenvalue weighted by molar-refractivity contribution is 5.82. The normalized spacial score (nSPS) is 21.9. The van der Waals surface area contributed by atoms with E-state index in [1.165, 1.54) is 18.9 Å². The predicted molar refractivity (Wildman–Crippen MR) is 119 cm³/mol. The Morgan fingerprint density at radius 3 is 2.78 bits per heavy atom. The smallest absolute Gasteiger partial charge is 0.302 e. The summed E-state index contributed by atoms with van der Waals surface area (Å²) in [5.74, 6) is 0.463. The molecule has 1 aliphatic heterocycles. The molecule has 3 heterocycles. The molecule has 9 heteroatoms. The van der Waals surface area contributed by atoms with Crippen molar-refractivity contribution in [3.63, 3.8) is 0 Å². The van der Waals surface area contributed by atoms with Crippen LogP contribution >= 0.6 is 0 Å². The van der Waals surface area contributed by atoms with Crippen molar-refractivity contribution >= 4 is 23.0 Å². The Labute approximate surface area is 186 Å². The van der Waals surface area contributed by atoms with Gasteiger partial charge in [-0.05, 0) is 24.8 Å². The van der Waals surface area contributed by atoms with E-state index in [4.69, 9.17) is 9.47 Å². The summed E-state index contributed by atoms with van der Waals surface area (Å²) in [6, 6.07) is 10.8. The first-order valence-corrected chi connectivity index (χ1v) is 11.1. The van der Waals surface area contributed by atoms with Gasteiger partial charge in [0.05, 0.1) is 6.33 Å². The number of hydrogen-bond donors (Lipinski definition) is 1. The molecule has 2 atom stereocenters. The van der Waals surface area contributed by atoms with Gasteiger partial charge < -0.3 is 14.8 Å². The van der Waals surface area contributed by atoms with E-state index in [2.05, 4.69) is 37.3 Å². The van der Waals surface area contributed by atoms with Crippen molar-refractivity contribution in [2.24, 2.45) is 0 Å². The van der Waals surface area contributed by atoms with Gasteiger partial charge in [-0.15, -0.1) is 0 Å². The number of carbonyl (C=O) groups excluding carboxylic acids is 1. The molecule has 0 bridgehead atoms. The molecule has 1 aromatic carbocycles. The molecule has 2 aliphatic rings. The molecule has 2 aromatic heterocycles. The molecule has 0 spiro atoms. The van der Waals surface area contributed by atoms with Crippen LogP contribution in [-0.2, 0) is 20.8 Å². The Kier molecular flexibility index (Phi) is 6.00. The van der Waals surface area contributed by atoms with Gasteiger partial charge in [-0.2, -0.15) is 0 Å². The van der Waals surface area contributed by atoms with Crippen LogP contribution in [0.3, 0.4) is 0 Å². The van der Waals surface area contributed by atoms with Crippen LogP contribution < -0.4 is 5.32 Å². The number of hydrogen-bond acceptors (Lipinski definition) is 8. The van der Waals surface area contributed by atoms with Crippen molar-refractivity contribution in [1.82, 2.24) is 24.4 Å². The van der Waals surface area contributed by atoms with Crippen molar-refractivity contribution in [3.8, 4) is 0 Å². The monoisotopic (exact) mass is 436 g/mol. The number of anilines is 1. The summed E-state index contributed by atoms with van der Waals surface area (Å²) in [5.41, 5.74) is 2.71. The molecule has 5 rings (SSSR count). The highest BCUT2D eigenvalue weighted by Crippen LogP contribution is 2.29. The summed E-state index contributed by atoms with van der Waals surface area (Å²) in [6.45, 7) is 3.76. The third-order valence-corrected chi connectivity index (χ3v) is 6.06. The SMILES string of the molecule is CC(=O)OC[C@@H]1CN(Cc2ccccc2)C[C@H](n2cnc3c(NC4CCC4)ncnc32)O1. The Morgan fingerprint density at radius 1 is 1.19 bits per heavy atom. The van der Waals surface area contributed by atoms with Crippen molar-refractivity contribution < 1.29 is 14.3 Å². The average Bonchev–Trinajstić information content (AvgIpc) is 3.20. The largest absolute Gasteiger partial charge is 0.463 e. The van der Waals surface area contributed by atoms with Crippen LogP contribution in [0.15, 0.2) is 43.0 Å². The number of imidazole rings is 1. The summed E-state index contributed by atoms with van der Waals surface area (Å²) in [5, 5.41) is 3.48. The molecule has 3 aromatic rings. The summed E-state index contributed by atoms with van der Waals surface area (Å²) < 4.78 is 13.6. The number of nitrogens with zero attached hydrogens (tertiary/aromatic N) is 5. The minimum absolute atomic E-state index is 0.215. The number of nitrogens with one attached hydrogen (secondary N) is 1. The van der Waals surface area contributed by atoms with Gasteiger partial charge >= 0.3 is 5.97 Å². The number of fused-ring (bicyclic) bond motifs is 1. The lowest BCUT2D eigenvalue weighted by Crippen LogP contribution is -2.47. The molecular formula is C23H28N6O3. The van der Waals surface area contributed by atoms with E-state index in [0.29, 0.717) is 19.1 Å². The van der Waals surface area contributed by atoms with E-state index in [-0.39, 0.29) is 24.9 Å². The van der Waals surface area contributed by atoms with Crippen molar-refractivity contribution in [2.75, 3.05) is 25.0 Å². The van der Waals surface area contributed by atoms with E-state index in [9.17, 15) is 4.79 Å². The van der Waals surface area contributed by atoms with Gasteiger partial charge in [-0.25, -0.2) is 15.0 Å². The van der Waals surface area contributed by atoms with E-state index < -0.39 is 0 Å². The predicted octanol–water partition coefficient (Wildman–Crippen LogP) is 2.75. The molecular weight excluding hydrogens is 408 g/mol. The topological polar surface area (TPSA) is 94.4 Å². The van der Waals surface area contributed by atoms with Crippen LogP contribution in [0.1, 0.15) is 38.0 Å². The van der Waals surface area contributed by atoms with Gasteiger partial charge in [0.1, 0.15) is 25.3 Å². The van der Waals surface area contributed by atoms with Crippen LogP contribution in [0.2, 0.25) is 0 Å². The summed E-state index contributed by atoms with van der Waals surface area (Å²) in [4.78, 5) is 27.2. The zero-order valence-electron chi connectivity index (χ0n) is 18.2. The maximum absolute atomic E-state index is 11.4. The van der Waals surface area contributed by atoms with Gasteiger partial charge in [-0.3, -0.25) is 14.3 Å². The second-order valence-electron chi connectivity index (χ2n) is 8.51. The highest BCUT2D eigenvalue weighted by Gasteiger charge is 2.31. The molecule has 2 fully saturated rings. The number of rotatable bonds is 7. The first-order chi connectivity index (χ1) is 15.7. The van der Waals surface area contributed by atoms with Gasteiger partial charge in [0, 0.05) is 32.6 Å². The van der Waals surface area contributed by atoms with Gasteiger partial charge in [0.2, 0.25) is 0 Å². The van der Waals surface area contributed by atoms with Crippen LogP contribution in [0.5, 0.6) is 0 Å².